The predicted octanol–water partition coefficient (Wildman–Crippen LogP) is 1.68. The molecule has 0 unspecified atom stereocenters. The fourth-order valence-electron chi connectivity index (χ4n) is 4.05. The Bertz CT molecular complexity index is 831. The van der Waals surface area contributed by atoms with Crippen LogP contribution >= 0.6 is 0 Å². The number of ether oxygens (including phenoxy) is 1. The topological polar surface area (TPSA) is 100 Å². The fourth-order valence-corrected chi connectivity index (χ4v) is 4.05. The van der Waals surface area contributed by atoms with Crippen LogP contribution in [0.3, 0.4) is 0 Å². The quantitative estimate of drug-likeness (QED) is 0.837. The maximum atomic E-state index is 13.2. The molecule has 0 spiro atoms. The van der Waals surface area contributed by atoms with Crippen molar-refractivity contribution in [2.45, 2.75) is 38.3 Å². The van der Waals surface area contributed by atoms with E-state index in [0.29, 0.717) is 37.8 Å². The number of likely N-dealkylation sites (tertiary alicyclic amines) is 1. The predicted molar refractivity (Wildman–Crippen MR) is 102 cm³/mol. The largest absolute Gasteiger partial charge is 0.381 e. The minimum Gasteiger partial charge on any atom is -0.381 e. The molecule has 8 heteroatoms. The number of nitrogens with one attached hydrogen (secondary N) is 2. The van der Waals surface area contributed by atoms with Gasteiger partial charge in [0.1, 0.15) is 5.82 Å². The Morgan fingerprint density at radius 1 is 1.21 bits per heavy atom. The van der Waals surface area contributed by atoms with Crippen molar-refractivity contribution in [2.24, 2.45) is 5.92 Å². The molecule has 0 saturated carbocycles. The van der Waals surface area contributed by atoms with E-state index in [4.69, 9.17) is 4.74 Å². The number of H-pyrrole nitrogens is 1. The molecule has 2 aromatic rings. The molecule has 2 aliphatic heterocycles. The number of aromatic amines is 1. The first kappa shape index (κ1) is 18.6. The molecule has 8 nitrogen and oxygen atoms in total. The van der Waals surface area contributed by atoms with Gasteiger partial charge in [-0.15, -0.1) is 0 Å². The SMILES string of the molecule is CC(=O)N[C@H]1C[C@@H](c2nc(-c3ccccc3)n[nH]2)N(C(=O)C2CCOCC2)C1. The van der Waals surface area contributed by atoms with Crippen molar-refractivity contribution in [1.29, 1.82) is 0 Å². The Morgan fingerprint density at radius 3 is 2.68 bits per heavy atom. The summed E-state index contributed by atoms with van der Waals surface area (Å²) >= 11 is 0. The van der Waals surface area contributed by atoms with Crippen molar-refractivity contribution in [1.82, 2.24) is 25.4 Å². The number of nitrogens with zero attached hydrogens (tertiary/aromatic N) is 3. The van der Waals surface area contributed by atoms with Gasteiger partial charge in [0.25, 0.3) is 0 Å². The van der Waals surface area contributed by atoms with Crippen molar-refractivity contribution in [3.63, 3.8) is 0 Å². The molecule has 2 amide bonds. The Labute approximate surface area is 163 Å². The number of carbonyl (C=O) groups excluding carboxylic acids is 2. The van der Waals surface area contributed by atoms with Crippen molar-refractivity contribution in [2.75, 3.05) is 19.8 Å². The number of amides is 2. The number of hydrogen-bond acceptors (Lipinski definition) is 5. The van der Waals surface area contributed by atoms with E-state index in [1.807, 2.05) is 35.2 Å². The van der Waals surface area contributed by atoms with Crippen LogP contribution in [-0.2, 0) is 14.3 Å². The molecule has 2 aliphatic rings. The first-order valence-electron chi connectivity index (χ1n) is 9.75. The summed E-state index contributed by atoms with van der Waals surface area (Å²) < 4.78 is 5.39. The number of benzene rings is 1. The summed E-state index contributed by atoms with van der Waals surface area (Å²) in [4.78, 5) is 31.2. The maximum absolute atomic E-state index is 13.2. The second-order valence-electron chi connectivity index (χ2n) is 7.44. The van der Waals surface area contributed by atoms with E-state index in [2.05, 4.69) is 20.5 Å². The molecule has 148 valence electrons. The normalized spacial score (nSPS) is 23.0. The summed E-state index contributed by atoms with van der Waals surface area (Å²) in [6.07, 6.45) is 2.09. The lowest BCUT2D eigenvalue weighted by atomic mass is 9.98. The van der Waals surface area contributed by atoms with Crippen LogP contribution in [0.4, 0.5) is 0 Å². The van der Waals surface area contributed by atoms with Crippen LogP contribution in [0.1, 0.15) is 38.1 Å². The molecular formula is C20H25N5O3. The zero-order valence-corrected chi connectivity index (χ0v) is 15.9. The molecule has 1 aromatic carbocycles. The lowest BCUT2D eigenvalue weighted by Crippen LogP contribution is -2.41. The van der Waals surface area contributed by atoms with E-state index < -0.39 is 0 Å². The first-order valence-corrected chi connectivity index (χ1v) is 9.75. The molecule has 3 heterocycles. The van der Waals surface area contributed by atoms with Crippen LogP contribution in [0.15, 0.2) is 30.3 Å². The van der Waals surface area contributed by atoms with Gasteiger partial charge in [0.2, 0.25) is 11.8 Å². The second kappa shape index (κ2) is 8.10. The van der Waals surface area contributed by atoms with Crippen LogP contribution in [-0.4, -0.2) is 57.7 Å². The highest BCUT2D eigenvalue weighted by Gasteiger charge is 2.41. The number of hydrogen-bond donors (Lipinski definition) is 2. The third-order valence-electron chi connectivity index (χ3n) is 5.41. The second-order valence-corrected chi connectivity index (χ2v) is 7.44. The fraction of sp³-hybridized carbons (Fsp3) is 0.500. The molecule has 0 aliphatic carbocycles. The van der Waals surface area contributed by atoms with E-state index in [0.717, 1.165) is 18.4 Å². The Balaban J connectivity index is 1.57. The maximum Gasteiger partial charge on any atom is 0.226 e. The van der Waals surface area contributed by atoms with Crippen LogP contribution in [0.2, 0.25) is 0 Å². The number of carbonyl (C=O) groups is 2. The third-order valence-corrected chi connectivity index (χ3v) is 5.41. The molecule has 1 aromatic heterocycles. The standard InChI is InChI=1S/C20H25N5O3/c1-13(26)21-16-11-17(25(12-16)20(27)15-7-9-28-10-8-15)19-22-18(23-24-19)14-5-3-2-4-6-14/h2-6,15-17H,7-12H2,1H3,(H,21,26)(H,22,23,24)/t16-,17-/m0/s1. The molecule has 2 N–H and O–H groups in total. The summed E-state index contributed by atoms with van der Waals surface area (Å²) in [7, 11) is 0. The average molecular weight is 383 g/mol. The Morgan fingerprint density at radius 2 is 1.96 bits per heavy atom. The van der Waals surface area contributed by atoms with Crippen LogP contribution in [0.25, 0.3) is 11.4 Å². The third kappa shape index (κ3) is 3.91. The van der Waals surface area contributed by atoms with Crippen molar-refractivity contribution in [3.05, 3.63) is 36.2 Å². The molecular weight excluding hydrogens is 358 g/mol. The highest BCUT2D eigenvalue weighted by Crippen LogP contribution is 2.34. The van der Waals surface area contributed by atoms with Crippen LogP contribution in [0.5, 0.6) is 0 Å². The Kier molecular flexibility index (Phi) is 5.38. The zero-order chi connectivity index (χ0) is 19.5. The molecule has 28 heavy (non-hydrogen) atoms. The summed E-state index contributed by atoms with van der Waals surface area (Å²) in [5.41, 5.74) is 0.920. The van der Waals surface area contributed by atoms with E-state index in [-0.39, 0.29) is 29.8 Å². The minimum atomic E-state index is -0.225. The van der Waals surface area contributed by atoms with Gasteiger partial charge in [0.05, 0.1) is 6.04 Å². The van der Waals surface area contributed by atoms with Gasteiger partial charge in [0, 0.05) is 44.2 Å². The lowest BCUT2D eigenvalue weighted by Gasteiger charge is -2.29. The van der Waals surface area contributed by atoms with Crippen molar-refractivity contribution < 1.29 is 14.3 Å². The van der Waals surface area contributed by atoms with Gasteiger partial charge < -0.3 is 15.0 Å². The van der Waals surface area contributed by atoms with Gasteiger partial charge >= 0.3 is 0 Å². The molecule has 2 atom stereocenters. The summed E-state index contributed by atoms with van der Waals surface area (Å²) in [6, 6.07) is 9.41. The van der Waals surface area contributed by atoms with Crippen LogP contribution in [0, 0.1) is 5.92 Å². The van der Waals surface area contributed by atoms with E-state index in [1.54, 1.807) is 0 Å². The Hall–Kier alpha value is -2.74. The molecule has 0 bridgehead atoms. The highest BCUT2D eigenvalue weighted by atomic mass is 16.5. The molecule has 2 fully saturated rings. The number of aromatic nitrogens is 3. The molecule has 2 saturated heterocycles. The van der Waals surface area contributed by atoms with Crippen LogP contribution < -0.4 is 5.32 Å². The first-order chi connectivity index (χ1) is 13.6. The minimum absolute atomic E-state index is 0.0381. The van der Waals surface area contributed by atoms with Gasteiger partial charge in [0.15, 0.2) is 5.82 Å². The molecule has 4 rings (SSSR count). The summed E-state index contributed by atoms with van der Waals surface area (Å²) in [5.74, 6) is 1.25. The van der Waals surface area contributed by atoms with Gasteiger partial charge in [-0.05, 0) is 19.3 Å². The van der Waals surface area contributed by atoms with Gasteiger partial charge in [-0.2, -0.15) is 5.10 Å². The van der Waals surface area contributed by atoms with E-state index >= 15 is 0 Å². The highest BCUT2D eigenvalue weighted by molar-refractivity contribution is 5.80. The van der Waals surface area contributed by atoms with E-state index in [1.165, 1.54) is 6.92 Å². The van der Waals surface area contributed by atoms with Crippen molar-refractivity contribution >= 4 is 11.8 Å². The summed E-state index contributed by atoms with van der Waals surface area (Å²) in [5, 5.41) is 10.3. The smallest absolute Gasteiger partial charge is 0.226 e. The lowest BCUT2D eigenvalue weighted by molar-refractivity contribution is -0.139. The van der Waals surface area contributed by atoms with E-state index in [9.17, 15) is 9.59 Å². The average Bonchev–Trinajstić information content (AvgIpc) is 3.35. The van der Waals surface area contributed by atoms with Gasteiger partial charge in [-0.1, -0.05) is 30.3 Å². The number of rotatable bonds is 4. The monoisotopic (exact) mass is 383 g/mol. The van der Waals surface area contributed by atoms with Gasteiger partial charge in [-0.25, -0.2) is 4.98 Å². The summed E-state index contributed by atoms with van der Waals surface area (Å²) in [6.45, 7) is 3.22. The van der Waals surface area contributed by atoms with Crippen molar-refractivity contribution in [3.8, 4) is 11.4 Å². The zero-order valence-electron chi connectivity index (χ0n) is 15.9. The van der Waals surface area contributed by atoms with Gasteiger partial charge in [-0.3, -0.25) is 14.7 Å². The molecule has 0 radical (unpaired) electrons.